The summed E-state index contributed by atoms with van der Waals surface area (Å²) in [5.74, 6) is 0. The molecule has 0 nitrogen and oxygen atoms in total. The molecule has 0 unspecified atom stereocenters. The van der Waals surface area contributed by atoms with Crippen molar-refractivity contribution in [3.63, 3.8) is 0 Å². The summed E-state index contributed by atoms with van der Waals surface area (Å²) in [5, 5.41) is 13.3. The van der Waals surface area contributed by atoms with Crippen molar-refractivity contribution in [1.29, 1.82) is 0 Å². The van der Waals surface area contributed by atoms with E-state index in [4.69, 9.17) is 0 Å². The Bertz CT molecular complexity index is 2070. The zero-order valence-corrected chi connectivity index (χ0v) is 19.7. The first-order chi connectivity index (χ1) is 17.9. The molecule has 0 heterocycles. The van der Waals surface area contributed by atoms with Crippen molar-refractivity contribution in [2.45, 2.75) is 0 Å². The fraction of sp³-hybridized carbons (Fsp3) is 0. The Morgan fingerprint density at radius 1 is 0.306 bits per heavy atom. The van der Waals surface area contributed by atoms with Crippen LogP contribution in [0.15, 0.2) is 133 Å². The van der Waals surface area contributed by atoms with Crippen LogP contribution >= 0.6 is 0 Å². The monoisotopic (exact) mass is 454 g/mol. The van der Waals surface area contributed by atoms with Gasteiger partial charge in [0.1, 0.15) is 0 Å². The Morgan fingerprint density at radius 3 is 1.75 bits per heavy atom. The van der Waals surface area contributed by atoms with E-state index in [1.165, 1.54) is 76.1 Å². The molecule has 8 aromatic carbocycles. The average molecular weight is 455 g/mol. The maximum absolute atomic E-state index is 2.44. The average Bonchev–Trinajstić information content (AvgIpc) is 2.95. The van der Waals surface area contributed by atoms with Gasteiger partial charge in [-0.1, -0.05) is 121 Å². The predicted octanol–water partition coefficient (Wildman–Crippen LogP) is 10.2. The Hall–Kier alpha value is -4.68. The first-order valence-electron chi connectivity index (χ1n) is 12.5. The van der Waals surface area contributed by atoms with Gasteiger partial charge in [-0.25, -0.2) is 0 Å². The zero-order valence-electron chi connectivity index (χ0n) is 19.7. The van der Waals surface area contributed by atoms with Crippen LogP contribution in [0, 0.1) is 0 Å². The molecule has 0 spiro atoms. The molecule has 0 heteroatoms. The van der Waals surface area contributed by atoms with E-state index >= 15 is 0 Å². The lowest BCUT2D eigenvalue weighted by atomic mass is 9.82. The van der Waals surface area contributed by atoms with Gasteiger partial charge in [-0.3, -0.25) is 0 Å². The minimum absolute atomic E-state index is 1.25. The van der Waals surface area contributed by atoms with Crippen LogP contribution in [-0.4, -0.2) is 0 Å². The fourth-order valence-electron chi connectivity index (χ4n) is 6.29. The van der Waals surface area contributed by atoms with Gasteiger partial charge in [0, 0.05) is 0 Å². The van der Waals surface area contributed by atoms with Crippen LogP contribution in [0.2, 0.25) is 0 Å². The van der Waals surface area contributed by atoms with Crippen LogP contribution in [-0.2, 0) is 0 Å². The van der Waals surface area contributed by atoms with Gasteiger partial charge in [0.25, 0.3) is 0 Å². The normalized spacial score (nSPS) is 11.9. The summed E-state index contributed by atoms with van der Waals surface area (Å²) in [6.45, 7) is 0. The highest BCUT2D eigenvalue weighted by atomic mass is 14.2. The molecule has 0 aliphatic rings. The molecule has 0 bridgehead atoms. The quantitative estimate of drug-likeness (QED) is 0.180. The van der Waals surface area contributed by atoms with Gasteiger partial charge in [-0.2, -0.15) is 0 Å². The third-order valence-corrected chi connectivity index (χ3v) is 7.76. The van der Waals surface area contributed by atoms with Gasteiger partial charge in [0.2, 0.25) is 0 Å². The number of benzene rings is 8. The lowest BCUT2D eigenvalue weighted by Gasteiger charge is -2.21. The van der Waals surface area contributed by atoms with E-state index in [0.29, 0.717) is 0 Å². The minimum atomic E-state index is 1.25. The molecule has 0 saturated heterocycles. The molecule has 0 atom stereocenters. The number of hydrogen-bond acceptors (Lipinski definition) is 0. The van der Waals surface area contributed by atoms with Crippen molar-refractivity contribution in [3.8, 4) is 22.3 Å². The second kappa shape index (κ2) is 7.41. The van der Waals surface area contributed by atoms with Gasteiger partial charge in [-0.05, 0) is 88.2 Å². The lowest BCUT2D eigenvalue weighted by molar-refractivity contribution is 1.62. The summed E-state index contributed by atoms with van der Waals surface area (Å²) in [5.41, 5.74) is 5.08. The van der Waals surface area contributed by atoms with E-state index < -0.39 is 0 Å². The third kappa shape index (κ3) is 2.64. The molecule has 36 heavy (non-hydrogen) atoms. The zero-order chi connectivity index (χ0) is 23.6. The molecule has 0 aliphatic heterocycles. The summed E-state index contributed by atoms with van der Waals surface area (Å²) >= 11 is 0. The first kappa shape index (κ1) is 19.6. The third-order valence-electron chi connectivity index (χ3n) is 7.76. The van der Waals surface area contributed by atoms with Crippen LogP contribution in [0.25, 0.3) is 76.1 Å². The number of fused-ring (bicyclic) bond motifs is 4. The topological polar surface area (TPSA) is 0 Å². The number of rotatable bonds is 2. The molecule has 0 fully saturated rings. The molecule has 0 radical (unpaired) electrons. The molecule has 0 N–H and O–H groups in total. The van der Waals surface area contributed by atoms with Crippen LogP contribution < -0.4 is 0 Å². The molecule has 8 aromatic rings. The smallest absolute Gasteiger partial charge is 0.00141 e. The highest BCUT2D eigenvalue weighted by molar-refractivity contribution is 6.39. The van der Waals surface area contributed by atoms with Crippen molar-refractivity contribution in [2.75, 3.05) is 0 Å². The van der Waals surface area contributed by atoms with E-state index in [-0.39, 0.29) is 0 Å². The van der Waals surface area contributed by atoms with Crippen LogP contribution in [0.5, 0.6) is 0 Å². The van der Waals surface area contributed by atoms with E-state index in [1.807, 2.05) is 0 Å². The van der Waals surface area contributed by atoms with Crippen LogP contribution in [0.3, 0.4) is 0 Å². The number of hydrogen-bond donors (Lipinski definition) is 0. The SMILES string of the molecule is c1ccc(-c2cc3c4cccc5cc6ccccc6c(c6cccc(c2-c2ccccc2)c36)c54)cc1. The largest absolute Gasteiger partial charge is 0.0622 e. The van der Waals surface area contributed by atoms with Gasteiger partial charge in [-0.15, -0.1) is 0 Å². The summed E-state index contributed by atoms with van der Waals surface area (Å²) < 4.78 is 0. The van der Waals surface area contributed by atoms with E-state index in [9.17, 15) is 0 Å². The molecule has 166 valence electrons. The Morgan fingerprint density at radius 2 is 0.917 bits per heavy atom. The molecule has 0 saturated carbocycles. The van der Waals surface area contributed by atoms with Gasteiger partial charge in [0.05, 0.1) is 0 Å². The van der Waals surface area contributed by atoms with Crippen molar-refractivity contribution in [2.24, 2.45) is 0 Å². The summed E-state index contributed by atoms with van der Waals surface area (Å²) in [4.78, 5) is 0. The lowest BCUT2D eigenvalue weighted by Crippen LogP contribution is -1.93. The highest BCUT2D eigenvalue weighted by Gasteiger charge is 2.20. The summed E-state index contributed by atoms with van der Waals surface area (Å²) in [6, 6.07) is 49.0. The van der Waals surface area contributed by atoms with Crippen LogP contribution in [0.4, 0.5) is 0 Å². The van der Waals surface area contributed by atoms with Crippen molar-refractivity contribution >= 4 is 53.9 Å². The van der Waals surface area contributed by atoms with Crippen molar-refractivity contribution in [1.82, 2.24) is 0 Å². The summed E-state index contributed by atoms with van der Waals surface area (Å²) in [7, 11) is 0. The fourth-order valence-corrected chi connectivity index (χ4v) is 6.29. The second-order valence-corrected chi connectivity index (χ2v) is 9.68. The van der Waals surface area contributed by atoms with Crippen LogP contribution in [0.1, 0.15) is 0 Å². The van der Waals surface area contributed by atoms with E-state index in [2.05, 4.69) is 133 Å². The highest BCUT2D eigenvalue weighted by Crippen LogP contribution is 2.48. The Balaban J connectivity index is 1.69. The maximum Gasteiger partial charge on any atom is -0.00141 e. The van der Waals surface area contributed by atoms with Gasteiger partial charge >= 0.3 is 0 Å². The second-order valence-electron chi connectivity index (χ2n) is 9.68. The molecular weight excluding hydrogens is 432 g/mol. The summed E-state index contributed by atoms with van der Waals surface area (Å²) in [6.07, 6.45) is 0. The van der Waals surface area contributed by atoms with E-state index in [0.717, 1.165) is 0 Å². The van der Waals surface area contributed by atoms with Crippen molar-refractivity contribution in [3.05, 3.63) is 133 Å². The predicted molar refractivity (Wildman–Crippen MR) is 156 cm³/mol. The molecular formula is C36H22. The maximum atomic E-state index is 2.44. The van der Waals surface area contributed by atoms with Gasteiger partial charge < -0.3 is 0 Å². The van der Waals surface area contributed by atoms with E-state index in [1.54, 1.807) is 0 Å². The molecule has 0 aromatic heterocycles. The van der Waals surface area contributed by atoms with Crippen molar-refractivity contribution < 1.29 is 0 Å². The standard InChI is InChI=1S/C36H22/c1-3-11-23(12-4-1)31-22-32-28-18-9-16-26-21-25-15-7-8-17-27(25)36(34(26)28)30-20-10-19-29(35(30)32)33(31)24-13-5-2-6-14-24/h1-22H. The van der Waals surface area contributed by atoms with Gasteiger partial charge in [0.15, 0.2) is 0 Å². The molecule has 0 amide bonds. The Labute approximate surface area is 209 Å². The molecule has 8 rings (SSSR count). The molecule has 0 aliphatic carbocycles. The minimum Gasteiger partial charge on any atom is -0.0622 e. The Kier molecular flexibility index (Phi) is 4.03. The first-order valence-corrected chi connectivity index (χ1v) is 12.5.